The molecule has 9 heavy (non-hydrogen) atoms. The summed E-state index contributed by atoms with van der Waals surface area (Å²) in [5.74, 6) is -0.373. The molecule has 0 saturated carbocycles. The Bertz CT molecular complexity index is 145. The van der Waals surface area contributed by atoms with Gasteiger partial charge in [0.05, 0.1) is 7.11 Å². The van der Waals surface area contributed by atoms with Gasteiger partial charge in [0.1, 0.15) is 0 Å². The van der Waals surface area contributed by atoms with Crippen LogP contribution >= 0.6 is 11.6 Å². The first kappa shape index (κ1) is 8.50. The SMILES string of the molecule is COC(=O)/C(C)=C(\C)Cl. The highest BCUT2D eigenvalue weighted by Gasteiger charge is 2.04. The maximum atomic E-state index is 10.6. The number of hydrogen-bond donors (Lipinski definition) is 0. The van der Waals surface area contributed by atoms with E-state index >= 15 is 0 Å². The lowest BCUT2D eigenvalue weighted by atomic mass is 10.3. The molecule has 0 amide bonds. The fourth-order valence-electron chi connectivity index (χ4n) is 0.294. The summed E-state index contributed by atoms with van der Waals surface area (Å²) in [5, 5.41) is 0.474. The molecule has 0 saturated heterocycles. The summed E-state index contributed by atoms with van der Waals surface area (Å²) in [6, 6.07) is 0. The number of carbonyl (C=O) groups is 1. The third-order valence-corrected chi connectivity index (χ3v) is 1.29. The molecule has 2 nitrogen and oxygen atoms in total. The number of methoxy groups -OCH3 is 1. The fraction of sp³-hybridized carbons (Fsp3) is 0.500. The number of halogens is 1. The first-order chi connectivity index (χ1) is 4.09. The molecule has 0 aromatic heterocycles. The van der Waals surface area contributed by atoms with Gasteiger partial charge >= 0.3 is 5.97 Å². The van der Waals surface area contributed by atoms with E-state index in [0.29, 0.717) is 10.6 Å². The second kappa shape index (κ2) is 3.51. The van der Waals surface area contributed by atoms with Crippen molar-refractivity contribution in [2.24, 2.45) is 0 Å². The molecule has 52 valence electrons. The molecule has 0 aliphatic heterocycles. The number of hydrogen-bond acceptors (Lipinski definition) is 2. The van der Waals surface area contributed by atoms with Crippen molar-refractivity contribution in [1.82, 2.24) is 0 Å². The summed E-state index contributed by atoms with van der Waals surface area (Å²) in [4.78, 5) is 10.6. The first-order valence-corrected chi connectivity index (χ1v) is 2.88. The third kappa shape index (κ3) is 2.51. The summed E-state index contributed by atoms with van der Waals surface area (Å²) >= 11 is 5.48. The molecule has 0 unspecified atom stereocenters. The second-order valence-electron chi connectivity index (χ2n) is 1.65. The maximum absolute atomic E-state index is 10.6. The van der Waals surface area contributed by atoms with Crippen LogP contribution in [-0.4, -0.2) is 13.1 Å². The summed E-state index contributed by atoms with van der Waals surface area (Å²) in [6.45, 7) is 3.27. The van der Waals surface area contributed by atoms with E-state index in [1.165, 1.54) is 7.11 Å². The molecule has 0 aromatic rings. The van der Waals surface area contributed by atoms with E-state index in [0.717, 1.165) is 0 Å². The van der Waals surface area contributed by atoms with Crippen molar-refractivity contribution in [3.8, 4) is 0 Å². The Kier molecular flexibility index (Phi) is 3.32. The summed E-state index contributed by atoms with van der Waals surface area (Å²) in [5.41, 5.74) is 0.458. The highest BCUT2D eigenvalue weighted by atomic mass is 35.5. The van der Waals surface area contributed by atoms with Crippen molar-refractivity contribution in [2.75, 3.05) is 7.11 Å². The Morgan fingerprint density at radius 3 is 2.00 bits per heavy atom. The van der Waals surface area contributed by atoms with Gasteiger partial charge in [0.15, 0.2) is 0 Å². The van der Waals surface area contributed by atoms with Gasteiger partial charge in [-0.05, 0) is 13.8 Å². The van der Waals surface area contributed by atoms with Crippen molar-refractivity contribution < 1.29 is 9.53 Å². The molecule has 0 spiro atoms. The predicted molar refractivity (Wildman–Crippen MR) is 36.2 cm³/mol. The van der Waals surface area contributed by atoms with Crippen LogP contribution < -0.4 is 0 Å². The monoisotopic (exact) mass is 148 g/mol. The van der Waals surface area contributed by atoms with Crippen LogP contribution in [0.25, 0.3) is 0 Å². The molecule has 0 aromatic carbocycles. The first-order valence-electron chi connectivity index (χ1n) is 2.51. The molecule has 0 rings (SSSR count). The summed E-state index contributed by atoms with van der Waals surface area (Å²) in [7, 11) is 1.33. The molecule has 0 fully saturated rings. The third-order valence-electron chi connectivity index (χ3n) is 1.01. The molecule has 0 N–H and O–H groups in total. The Morgan fingerprint density at radius 1 is 1.44 bits per heavy atom. The van der Waals surface area contributed by atoms with Gasteiger partial charge in [0.25, 0.3) is 0 Å². The van der Waals surface area contributed by atoms with Crippen LogP contribution in [0.15, 0.2) is 10.6 Å². The zero-order chi connectivity index (χ0) is 7.44. The molecule has 0 heterocycles. The van der Waals surface area contributed by atoms with E-state index in [-0.39, 0.29) is 5.97 Å². The molecule has 0 bridgehead atoms. The lowest BCUT2D eigenvalue weighted by Gasteiger charge is -1.97. The largest absolute Gasteiger partial charge is 0.466 e. The van der Waals surface area contributed by atoms with Crippen LogP contribution in [0.3, 0.4) is 0 Å². The molecule has 0 aliphatic carbocycles. The smallest absolute Gasteiger partial charge is 0.334 e. The topological polar surface area (TPSA) is 26.3 Å². The van der Waals surface area contributed by atoms with Crippen molar-refractivity contribution in [3.05, 3.63) is 10.6 Å². The Labute approximate surface area is 59.5 Å². The quantitative estimate of drug-likeness (QED) is 0.418. The van der Waals surface area contributed by atoms with Gasteiger partial charge < -0.3 is 4.74 Å². The molecular formula is C6H9ClO2. The van der Waals surface area contributed by atoms with Crippen LogP contribution in [0.5, 0.6) is 0 Å². The van der Waals surface area contributed by atoms with Crippen LogP contribution in [0.4, 0.5) is 0 Å². The Hall–Kier alpha value is -0.500. The van der Waals surface area contributed by atoms with Gasteiger partial charge in [-0.2, -0.15) is 0 Å². The highest BCUT2D eigenvalue weighted by Crippen LogP contribution is 2.07. The fourth-order valence-corrected chi connectivity index (χ4v) is 0.371. The lowest BCUT2D eigenvalue weighted by Crippen LogP contribution is -2.01. The predicted octanol–water partition coefficient (Wildman–Crippen LogP) is 1.69. The number of allylic oxidation sites excluding steroid dienone is 1. The van der Waals surface area contributed by atoms with Crippen LogP contribution in [0.2, 0.25) is 0 Å². The minimum absolute atomic E-state index is 0.373. The zero-order valence-corrected chi connectivity index (χ0v) is 6.45. The average Bonchev–Trinajstić information content (AvgIpc) is 1.84. The summed E-state index contributed by atoms with van der Waals surface area (Å²) in [6.07, 6.45) is 0. The van der Waals surface area contributed by atoms with Gasteiger partial charge in [0, 0.05) is 10.6 Å². The van der Waals surface area contributed by atoms with Gasteiger partial charge in [-0.15, -0.1) is 0 Å². The van der Waals surface area contributed by atoms with Gasteiger partial charge in [-0.1, -0.05) is 11.6 Å². The Balaban J connectivity index is 4.21. The number of rotatable bonds is 1. The molecule has 0 radical (unpaired) electrons. The standard InChI is InChI=1S/C6H9ClO2/c1-4(5(2)7)6(8)9-3/h1-3H3/b5-4+. The minimum Gasteiger partial charge on any atom is -0.466 e. The number of esters is 1. The van der Waals surface area contributed by atoms with Crippen LogP contribution in [-0.2, 0) is 9.53 Å². The highest BCUT2D eigenvalue weighted by molar-refractivity contribution is 6.31. The Morgan fingerprint density at radius 2 is 1.89 bits per heavy atom. The summed E-state index contributed by atoms with van der Waals surface area (Å²) < 4.78 is 4.39. The molecule has 3 heteroatoms. The maximum Gasteiger partial charge on any atom is 0.334 e. The zero-order valence-electron chi connectivity index (χ0n) is 5.69. The van der Waals surface area contributed by atoms with E-state index in [9.17, 15) is 4.79 Å². The van der Waals surface area contributed by atoms with E-state index < -0.39 is 0 Å². The average molecular weight is 149 g/mol. The molecule has 0 atom stereocenters. The lowest BCUT2D eigenvalue weighted by molar-refractivity contribution is -0.136. The van der Waals surface area contributed by atoms with Crippen molar-refractivity contribution in [3.63, 3.8) is 0 Å². The van der Waals surface area contributed by atoms with Crippen LogP contribution in [0.1, 0.15) is 13.8 Å². The molecule has 0 aliphatic rings. The van der Waals surface area contributed by atoms with Crippen molar-refractivity contribution >= 4 is 17.6 Å². The minimum atomic E-state index is -0.373. The number of ether oxygens (including phenoxy) is 1. The van der Waals surface area contributed by atoms with Gasteiger partial charge in [-0.3, -0.25) is 0 Å². The number of carbonyl (C=O) groups excluding carboxylic acids is 1. The van der Waals surface area contributed by atoms with E-state index in [1.54, 1.807) is 13.8 Å². The normalized spacial score (nSPS) is 12.4. The van der Waals surface area contributed by atoms with Crippen LogP contribution in [0, 0.1) is 0 Å². The van der Waals surface area contributed by atoms with Crippen molar-refractivity contribution in [1.29, 1.82) is 0 Å². The van der Waals surface area contributed by atoms with Gasteiger partial charge in [-0.25, -0.2) is 4.79 Å². The van der Waals surface area contributed by atoms with Gasteiger partial charge in [0.2, 0.25) is 0 Å². The molecular weight excluding hydrogens is 140 g/mol. The van der Waals surface area contributed by atoms with E-state index in [4.69, 9.17) is 11.6 Å². The van der Waals surface area contributed by atoms with Crippen molar-refractivity contribution in [2.45, 2.75) is 13.8 Å². The van der Waals surface area contributed by atoms with E-state index in [2.05, 4.69) is 4.74 Å². The second-order valence-corrected chi connectivity index (χ2v) is 2.22. The van der Waals surface area contributed by atoms with E-state index in [1.807, 2.05) is 0 Å².